The number of aryl methyl sites for hydroxylation is 3. The van der Waals surface area contributed by atoms with Gasteiger partial charge in [-0.2, -0.15) is 4.98 Å². The van der Waals surface area contributed by atoms with Crippen LogP contribution in [0.4, 0.5) is 5.95 Å². The van der Waals surface area contributed by atoms with Gasteiger partial charge >= 0.3 is 5.97 Å². The second-order valence-electron chi connectivity index (χ2n) is 15.4. The van der Waals surface area contributed by atoms with E-state index in [2.05, 4.69) is 65.3 Å². The maximum absolute atomic E-state index is 13.5. The molecule has 3 aromatic heterocycles. The Bertz CT molecular complexity index is 2240. The first-order valence-corrected chi connectivity index (χ1v) is 19.5. The zero-order chi connectivity index (χ0) is 38.2. The Hall–Kier alpha value is -4.88. The molecule has 12 nitrogen and oxygen atoms in total. The number of carboxylic acids is 1. The van der Waals surface area contributed by atoms with E-state index in [0.29, 0.717) is 17.5 Å². The molecule has 1 fully saturated rings. The van der Waals surface area contributed by atoms with Crippen molar-refractivity contribution >= 4 is 33.1 Å². The van der Waals surface area contributed by atoms with E-state index < -0.39 is 16.0 Å². The molecule has 4 heterocycles. The van der Waals surface area contributed by atoms with Gasteiger partial charge in [-0.1, -0.05) is 65.3 Å². The third-order valence-corrected chi connectivity index (χ3v) is 11.5. The van der Waals surface area contributed by atoms with Gasteiger partial charge in [0.15, 0.2) is 5.65 Å². The van der Waals surface area contributed by atoms with Gasteiger partial charge < -0.3 is 19.7 Å². The predicted octanol–water partition coefficient (Wildman–Crippen LogP) is 7.37. The minimum absolute atomic E-state index is 0.0447. The molecule has 0 radical (unpaired) electrons. The van der Waals surface area contributed by atoms with Gasteiger partial charge in [-0.25, -0.2) is 27.9 Å². The largest absolute Gasteiger partial charge is 0.478 e. The van der Waals surface area contributed by atoms with Crippen LogP contribution >= 0.6 is 0 Å². The predicted molar refractivity (Wildman–Crippen MR) is 206 cm³/mol. The fourth-order valence-electron chi connectivity index (χ4n) is 7.45. The summed E-state index contributed by atoms with van der Waals surface area (Å²) in [6, 6.07) is 14.8. The molecule has 1 saturated heterocycles. The highest BCUT2D eigenvalue weighted by Gasteiger charge is 2.32. The molecule has 5 aromatic rings. The number of carbonyl (C=O) groups is 1. The van der Waals surface area contributed by atoms with Crippen LogP contribution in [0.3, 0.4) is 0 Å². The summed E-state index contributed by atoms with van der Waals surface area (Å²) in [7, 11) is -2.21. The Morgan fingerprint density at radius 2 is 1.75 bits per heavy atom. The lowest BCUT2D eigenvalue weighted by molar-refractivity contribution is 0.0696. The van der Waals surface area contributed by atoms with Crippen LogP contribution in [0.5, 0.6) is 5.88 Å². The topological polar surface area (TPSA) is 161 Å². The monoisotopic (exact) mass is 739 g/mol. The van der Waals surface area contributed by atoms with E-state index in [1.165, 1.54) is 23.9 Å². The minimum atomic E-state index is -4.25. The molecule has 0 bridgehead atoms. The first kappa shape index (κ1) is 37.9. The first-order chi connectivity index (χ1) is 25.0. The first-order valence-electron chi connectivity index (χ1n) is 18.1. The summed E-state index contributed by atoms with van der Waals surface area (Å²) in [5, 5.41) is 13.3. The van der Waals surface area contributed by atoms with E-state index in [4.69, 9.17) is 14.7 Å². The van der Waals surface area contributed by atoms with Crippen LogP contribution in [-0.2, 0) is 22.5 Å². The van der Waals surface area contributed by atoms with Crippen LogP contribution in [0.15, 0.2) is 65.7 Å². The number of carboxylic acid groups (broad SMARTS) is 1. The molecule has 0 spiro atoms. The van der Waals surface area contributed by atoms with E-state index in [0.717, 1.165) is 58.9 Å². The quantitative estimate of drug-likeness (QED) is 0.132. The van der Waals surface area contributed by atoms with Crippen LogP contribution in [0.25, 0.3) is 22.4 Å². The SMILES string of the molecule is Cc1cccc(C)c1-c1cc(OC[C@@H]2NC(c3cnc4cc(C(C)(C)C)n(C)c4n3)CCC[C@H]2C(C)C)nc(NS(=O)(=O)c2cccc(C(=O)O)c2)n1. The Labute approximate surface area is 311 Å². The van der Waals surface area contributed by atoms with Crippen LogP contribution in [0.2, 0.25) is 0 Å². The lowest BCUT2D eigenvalue weighted by Crippen LogP contribution is -2.43. The van der Waals surface area contributed by atoms with Crippen molar-refractivity contribution in [2.75, 3.05) is 11.3 Å². The van der Waals surface area contributed by atoms with Crippen LogP contribution in [-0.4, -0.2) is 56.6 Å². The lowest BCUT2D eigenvalue weighted by atomic mass is 9.85. The number of ether oxygens (including phenoxy) is 1. The summed E-state index contributed by atoms with van der Waals surface area (Å²) >= 11 is 0. The molecule has 1 unspecified atom stereocenters. The number of nitrogens with one attached hydrogen (secondary N) is 2. The Balaban J connectivity index is 1.32. The number of benzene rings is 2. The molecule has 13 heteroatoms. The Morgan fingerprint density at radius 3 is 2.43 bits per heavy atom. The number of aromatic nitrogens is 5. The molecule has 1 aliphatic heterocycles. The highest BCUT2D eigenvalue weighted by molar-refractivity contribution is 7.92. The zero-order valence-corrected chi connectivity index (χ0v) is 32.5. The van der Waals surface area contributed by atoms with Crippen LogP contribution < -0.4 is 14.8 Å². The molecule has 0 amide bonds. The Kier molecular flexibility index (Phi) is 10.6. The molecule has 0 aliphatic carbocycles. The summed E-state index contributed by atoms with van der Waals surface area (Å²) in [5.74, 6) is -0.556. The van der Waals surface area contributed by atoms with Gasteiger partial charge in [-0.05, 0) is 73.9 Å². The minimum Gasteiger partial charge on any atom is -0.478 e. The number of rotatable bonds is 10. The zero-order valence-electron chi connectivity index (χ0n) is 31.6. The fraction of sp³-hybridized carbons (Fsp3) is 0.425. The standard InChI is InChI=1S/C40H49N7O5S/c1-23(2)28-16-11-17-29(32-21-41-31-19-34(40(5,6)7)47(8)37(31)43-32)42-33(28)22-52-35-20-30(36-24(3)12-9-13-25(36)4)44-39(45-35)46-53(50,51)27-15-10-14-26(18-27)38(48)49/h9-10,12-15,18-21,23,28-29,33,42H,11,16-17,22H2,1-8H3,(H,48,49)(H,44,45,46)/t28-,29?,33-/m0/s1. The average Bonchev–Trinajstić information content (AvgIpc) is 3.28. The van der Waals surface area contributed by atoms with E-state index in [1.807, 2.05) is 45.3 Å². The molecule has 280 valence electrons. The maximum atomic E-state index is 13.5. The van der Waals surface area contributed by atoms with E-state index in [-0.39, 0.29) is 46.4 Å². The highest BCUT2D eigenvalue weighted by Crippen LogP contribution is 2.34. The summed E-state index contributed by atoms with van der Waals surface area (Å²) in [4.78, 5) is 30.4. The van der Waals surface area contributed by atoms with Gasteiger partial charge in [-0.15, -0.1) is 0 Å². The van der Waals surface area contributed by atoms with Crippen LogP contribution in [0, 0.1) is 25.7 Å². The van der Waals surface area contributed by atoms with Crippen molar-refractivity contribution in [2.45, 2.75) is 90.1 Å². The van der Waals surface area contributed by atoms with Gasteiger partial charge in [0.1, 0.15) is 12.1 Å². The molecule has 3 N–H and O–H groups in total. The smallest absolute Gasteiger partial charge is 0.335 e. The molecule has 0 saturated carbocycles. The Morgan fingerprint density at radius 1 is 1.04 bits per heavy atom. The summed E-state index contributed by atoms with van der Waals surface area (Å²) in [5.41, 5.74) is 6.83. The second kappa shape index (κ2) is 14.9. The van der Waals surface area contributed by atoms with E-state index >= 15 is 0 Å². The van der Waals surface area contributed by atoms with E-state index in [9.17, 15) is 18.3 Å². The highest BCUT2D eigenvalue weighted by atomic mass is 32.2. The summed E-state index contributed by atoms with van der Waals surface area (Å²) < 4.78 is 38.1. The number of nitrogens with zero attached hydrogens (tertiary/aromatic N) is 5. The van der Waals surface area contributed by atoms with Crippen molar-refractivity contribution < 1.29 is 23.1 Å². The molecule has 6 rings (SSSR count). The lowest BCUT2D eigenvalue weighted by Gasteiger charge is -2.30. The number of anilines is 1. The average molecular weight is 740 g/mol. The summed E-state index contributed by atoms with van der Waals surface area (Å²) in [6.07, 6.45) is 4.79. The molecular formula is C40H49N7O5S. The molecular weight excluding hydrogens is 691 g/mol. The van der Waals surface area contributed by atoms with Gasteiger partial charge in [0.2, 0.25) is 11.8 Å². The number of fused-ring (bicyclic) bond motifs is 1. The van der Waals surface area contributed by atoms with Gasteiger partial charge in [0.05, 0.1) is 34.1 Å². The van der Waals surface area contributed by atoms with Crippen molar-refractivity contribution in [3.63, 3.8) is 0 Å². The number of hydrogen-bond acceptors (Lipinski definition) is 9. The number of aromatic carboxylic acids is 1. The fourth-order valence-corrected chi connectivity index (χ4v) is 8.44. The van der Waals surface area contributed by atoms with Crippen LogP contribution in [0.1, 0.15) is 92.8 Å². The van der Waals surface area contributed by atoms with Gasteiger partial charge in [-0.3, -0.25) is 4.98 Å². The third kappa shape index (κ3) is 8.21. The van der Waals surface area contributed by atoms with Crippen molar-refractivity contribution in [2.24, 2.45) is 18.9 Å². The normalized spacial score (nSPS) is 18.2. The number of hydrogen-bond donors (Lipinski definition) is 3. The molecule has 3 atom stereocenters. The number of sulfonamides is 1. The second-order valence-corrected chi connectivity index (χ2v) is 17.1. The van der Waals surface area contributed by atoms with Crippen molar-refractivity contribution in [3.8, 4) is 17.1 Å². The summed E-state index contributed by atoms with van der Waals surface area (Å²) in [6.45, 7) is 15.2. The molecule has 1 aliphatic rings. The van der Waals surface area contributed by atoms with Gasteiger partial charge in [0.25, 0.3) is 10.0 Å². The van der Waals surface area contributed by atoms with Crippen molar-refractivity contribution in [3.05, 3.63) is 88.9 Å². The van der Waals surface area contributed by atoms with E-state index in [1.54, 1.807) is 6.07 Å². The molecule has 53 heavy (non-hydrogen) atoms. The maximum Gasteiger partial charge on any atom is 0.335 e. The van der Waals surface area contributed by atoms with Crippen molar-refractivity contribution in [1.29, 1.82) is 0 Å². The van der Waals surface area contributed by atoms with Gasteiger partial charge in [0, 0.05) is 35.8 Å². The third-order valence-electron chi connectivity index (χ3n) is 10.2. The van der Waals surface area contributed by atoms with Crippen molar-refractivity contribution in [1.82, 2.24) is 29.8 Å². The molecule has 2 aromatic carbocycles.